The average molecular weight is 271 g/mol. The zero-order valence-electron chi connectivity index (χ0n) is 12.4. The molecule has 0 aliphatic rings. The Morgan fingerprint density at radius 2 is 1.95 bits per heavy atom. The molecule has 4 nitrogen and oxygen atoms in total. The molecule has 1 amide bonds. The largest absolute Gasteiger partial charge is 0.328 e. The van der Waals surface area contributed by atoms with Gasteiger partial charge in [0.2, 0.25) is 5.91 Å². The summed E-state index contributed by atoms with van der Waals surface area (Å²) in [5, 5.41) is 0. The fourth-order valence-electron chi connectivity index (χ4n) is 1.69. The van der Waals surface area contributed by atoms with Gasteiger partial charge in [-0.1, -0.05) is 6.58 Å². The maximum absolute atomic E-state index is 12.8. The Kier molecular flexibility index (Phi) is 8.27. The van der Waals surface area contributed by atoms with E-state index < -0.39 is 5.83 Å². The molecule has 0 saturated heterocycles. The predicted molar refractivity (Wildman–Crippen MR) is 77.2 cm³/mol. The molecule has 0 aromatic heterocycles. The summed E-state index contributed by atoms with van der Waals surface area (Å²) >= 11 is 0. The van der Waals surface area contributed by atoms with Crippen molar-refractivity contribution in [2.45, 2.75) is 33.2 Å². The topological polar surface area (TPSA) is 49.6 Å². The summed E-state index contributed by atoms with van der Waals surface area (Å²) in [7, 11) is 1.98. The van der Waals surface area contributed by atoms with Gasteiger partial charge < -0.3 is 15.5 Å². The van der Waals surface area contributed by atoms with Crippen molar-refractivity contribution in [3.63, 3.8) is 0 Å². The van der Waals surface area contributed by atoms with E-state index in [9.17, 15) is 9.18 Å². The van der Waals surface area contributed by atoms with Gasteiger partial charge in [0.1, 0.15) is 5.83 Å². The first-order valence-electron chi connectivity index (χ1n) is 6.49. The van der Waals surface area contributed by atoms with Crippen LogP contribution < -0.4 is 5.73 Å². The highest BCUT2D eigenvalue weighted by atomic mass is 19.1. The van der Waals surface area contributed by atoms with Crippen LogP contribution >= 0.6 is 0 Å². The van der Waals surface area contributed by atoms with E-state index >= 15 is 0 Å². The highest BCUT2D eigenvalue weighted by molar-refractivity contribution is 5.75. The van der Waals surface area contributed by atoms with Gasteiger partial charge in [-0.3, -0.25) is 4.79 Å². The Morgan fingerprint density at radius 3 is 2.37 bits per heavy atom. The van der Waals surface area contributed by atoms with Crippen molar-refractivity contribution in [2.75, 3.05) is 26.7 Å². The summed E-state index contributed by atoms with van der Waals surface area (Å²) in [5.41, 5.74) is 6.27. The molecule has 1 unspecified atom stereocenters. The van der Waals surface area contributed by atoms with Crippen LogP contribution in [0.25, 0.3) is 0 Å². The first-order chi connectivity index (χ1) is 8.73. The van der Waals surface area contributed by atoms with Gasteiger partial charge in [0.25, 0.3) is 0 Å². The third-order valence-electron chi connectivity index (χ3n) is 2.84. The van der Waals surface area contributed by atoms with E-state index in [0.717, 1.165) is 19.5 Å². The molecule has 0 bridgehead atoms. The summed E-state index contributed by atoms with van der Waals surface area (Å²) in [4.78, 5) is 15.2. The number of halogens is 1. The smallest absolute Gasteiger partial charge is 0.223 e. The first kappa shape index (κ1) is 17.8. The standard InChI is InChI=1S/C14H26FN3O/c1-11(15)10-13(3)18(14(4)19)9-8-17(5)7-6-12(2)16/h10,12H,1,6-9,16H2,2-5H3/b13-10+. The number of amides is 1. The van der Waals surface area contributed by atoms with Gasteiger partial charge in [0.05, 0.1) is 0 Å². The van der Waals surface area contributed by atoms with Crippen molar-refractivity contribution >= 4 is 5.91 Å². The van der Waals surface area contributed by atoms with Gasteiger partial charge in [0.15, 0.2) is 0 Å². The van der Waals surface area contributed by atoms with E-state index in [-0.39, 0.29) is 11.9 Å². The maximum Gasteiger partial charge on any atom is 0.223 e. The number of rotatable bonds is 8. The molecule has 5 heteroatoms. The van der Waals surface area contributed by atoms with Crippen molar-refractivity contribution in [1.82, 2.24) is 9.80 Å². The second kappa shape index (κ2) is 8.82. The molecule has 0 spiro atoms. The third kappa shape index (κ3) is 8.51. The molecule has 0 saturated carbocycles. The van der Waals surface area contributed by atoms with Gasteiger partial charge in [-0.2, -0.15) is 0 Å². The summed E-state index contributed by atoms with van der Waals surface area (Å²) in [6.45, 7) is 10.4. The van der Waals surface area contributed by atoms with E-state index in [4.69, 9.17) is 5.73 Å². The van der Waals surface area contributed by atoms with E-state index in [1.165, 1.54) is 13.0 Å². The van der Waals surface area contributed by atoms with Crippen LogP contribution in [0.2, 0.25) is 0 Å². The Bertz CT molecular complexity index is 340. The Hall–Kier alpha value is -1.20. The van der Waals surface area contributed by atoms with Crippen LogP contribution in [0, 0.1) is 0 Å². The summed E-state index contributed by atoms with van der Waals surface area (Å²) in [5.74, 6) is -0.648. The van der Waals surface area contributed by atoms with Gasteiger partial charge in [0, 0.05) is 31.8 Å². The van der Waals surface area contributed by atoms with Crippen molar-refractivity contribution < 1.29 is 9.18 Å². The fraction of sp³-hybridized carbons (Fsp3) is 0.643. The van der Waals surface area contributed by atoms with Crippen LogP contribution in [0.5, 0.6) is 0 Å². The molecule has 0 aliphatic carbocycles. The predicted octanol–water partition coefficient (Wildman–Crippen LogP) is 1.89. The molecule has 1 atom stereocenters. The van der Waals surface area contributed by atoms with Crippen molar-refractivity contribution in [1.29, 1.82) is 0 Å². The molecule has 0 aromatic rings. The minimum Gasteiger partial charge on any atom is -0.328 e. The SMILES string of the molecule is C=C(F)/C=C(\C)N(CCN(C)CCC(C)N)C(C)=O. The Balaban J connectivity index is 4.37. The molecule has 0 aromatic carbocycles. The zero-order valence-corrected chi connectivity index (χ0v) is 12.4. The number of allylic oxidation sites excluding steroid dienone is 3. The molecule has 19 heavy (non-hydrogen) atoms. The lowest BCUT2D eigenvalue weighted by atomic mass is 10.2. The molecular weight excluding hydrogens is 245 g/mol. The first-order valence-corrected chi connectivity index (χ1v) is 6.49. The van der Waals surface area contributed by atoms with Crippen molar-refractivity contribution in [3.05, 3.63) is 24.2 Å². The molecule has 0 rings (SSSR count). The van der Waals surface area contributed by atoms with E-state index in [1.807, 2.05) is 14.0 Å². The maximum atomic E-state index is 12.8. The highest BCUT2D eigenvalue weighted by Gasteiger charge is 2.12. The van der Waals surface area contributed by atoms with Gasteiger partial charge >= 0.3 is 0 Å². The lowest BCUT2D eigenvalue weighted by Gasteiger charge is -2.25. The molecule has 110 valence electrons. The van der Waals surface area contributed by atoms with E-state index in [1.54, 1.807) is 11.8 Å². The molecular formula is C14H26FN3O. The van der Waals surface area contributed by atoms with Crippen LogP contribution in [0.3, 0.4) is 0 Å². The van der Waals surface area contributed by atoms with E-state index in [0.29, 0.717) is 12.2 Å². The summed E-state index contributed by atoms with van der Waals surface area (Å²) < 4.78 is 12.8. The number of nitrogens with zero attached hydrogens (tertiary/aromatic N) is 2. The number of carbonyl (C=O) groups excluding carboxylic acids is 1. The number of nitrogens with two attached hydrogens (primary N) is 1. The number of hydrogen-bond acceptors (Lipinski definition) is 3. The zero-order chi connectivity index (χ0) is 15.0. The average Bonchev–Trinajstić information content (AvgIpc) is 2.24. The number of carbonyl (C=O) groups is 1. The van der Waals surface area contributed by atoms with Gasteiger partial charge in [-0.05, 0) is 39.9 Å². The number of hydrogen-bond donors (Lipinski definition) is 1. The Labute approximate surface area is 115 Å². The van der Waals surface area contributed by atoms with Gasteiger partial charge in [-0.25, -0.2) is 4.39 Å². The van der Waals surface area contributed by atoms with Crippen LogP contribution in [0.15, 0.2) is 24.2 Å². The lowest BCUT2D eigenvalue weighted by molar-refractivity contribution is -0.127. The van der Waals surface area contributed by atoms with Crippen LogP contribution in [-0.2, 0) is 4.79 Å². The second-order valence-corrected chi connectivity index (χ2v) is 4.97. The summed E-state index contributed by atoms with van der Waals surface area (Å²) in [6, 6.07) is 0.169. The quantitative estimate of drug-likeness (QED) is 0.686. The van der Waals surface area contributed by atoms with Crippen LogP contribution in [-0.4, -0.2) is 48.4 Å². The lowest BCUT2D eigenvalue weighted by Crippen LogP contribution is -2.36. The monoisotopic (exact) mass is 271 g/mol. The van der Waals surface area contributed by atoms with Crippen molar-refractivity contribution in [2.24, 2.45) is 5.73 Å². The molecule has 0 fully saturated rings. The van der Waals surface area contributed by atoms with Crippen LogP contribution in [0.4, 0.5) is 4.39 Å². The minimum absolute atomic E-state index is 0.101. The third-order valence-corrected chi connectivity index (χ3v) is 2.84. The summed E-state index contributed by atoms with van der Waals surface area (Å²) in [6.07, 6.45) is 2.18. The van der Waals surface area contributed by atoms with Crippen molar-refractivity contribution in [3.8, 4) is 0 Å². The minimum atomic E-state index is -0.547. The normalized spacial score (nSPS) is 13.5. The van der Waals surface area contributed by atoms with Crippen LogP contribution in [0.1, 0.15) is 27.2 Å². The molecule has 0 heterocycles. The fourth-order valence-corrected chi connectivity index (χ4v) is 1.69. The van der Waals surface area contributed by atoms with E-state index in [2.05, 4.69) is 11.5 Å². The number of likely N-dealkylation sites (N-methyl/N-ethyl adjacent to an activating group) is 1. The highest BCUT2D eigenvalue weighted by Crippen LogP contribution is 2.08. The molecule has 0 aliphatic heterocycles. The van der Waals surface area contributed by atoms with Gasteiger partial charge in [-0.15, -0.1) is 0 Å². The Morgan fingerprint density at radius 1 is 1.37 bits per heavy atom. The second-order valence-electron chi connectivity index (χ2n) is 4.97. The molecule has 2 N–H and O–H groups in total. The molecule has 0 radical (unpaired) electrons.